The molecule has 0 spiro atoms. The molecule has 10 nitrogen and oxygen atoms in total. The average molecular weight is 326 g/mol. The standard InChI is InChI=1S/C7H17NO5.C5H9NO3/c1-8-2-4(10)6(12)7(13)5(11)3-9;7-3-1-4(5(8)9)6-2-3/h4-13H,2-3H2,1H3;3-4,6-7H,1-2H2,(H,8,9)/t4-,5+,6+,7+;3-,4+/m01/s1. The molecule has 1 saturated heterocycles. The highest BCUT2D eigenvalue weighted by molar-refractivity contribution is 5.73. The molecule has 9 N–H and O–H groups in total. The fraction of sp³-hybridized carbons (Fsp3) is 0.917. The largest absolute Gasteiger partial charge is 0.480 e. The van der Waals surface area contributed by atoms with Gasteiger partial charge in [0.15, 0.2) is 0 Å². The van der Waals surface area contributed by atoms with Crippen LogP contribution in [0.4, 0.5) is 0 Å². The molecule has 0 aromatic heterocycles. The number of nitrogens with one attached hydrogen (secondary N) is 2. The van der Waals surface area contributed by atoms with Gasteiger partial charge in [0.25, 0.3) is 0 Å². The number of rotatable bonds is 7. The Morgan fingerprint density at radius 2 is 1.77 bits per heavy atom. The topological polar surface area (TPSA) is 183 Å². The summed E-state index contributed by atoms with van der Waals surface area (Å²) < 4.78 is 0. The second-order valence-corrected chi connectivity index (χ2v) is 5.04. The number of aliphatic hydroxyl groups is 6. The van der Waals surface area contributed by atoms with Crippen molar-refractivity contribution in [2.75, 3.05) is 26.7 Å². The van der Waals surface area contributed by atoms with E-state index in [1.165, 1.54) is 0 Å². The van der Waals surface area contributed by atoms with Gasteiger partial charge in [0.05, 0.1) is 18.8 Å². The van der Waals surface area contributed by atoms with Crippen molar-refractivity contribution in [2.45, 2.75) is 43.0 Å². The van der Waals surface area contributed by atoms with Gasteiger partial charge in [-0.25, -0.2) is 0 Å². The summed E-state index contributed by atoms with van der Waals surface area (Å²) in [7, 11) is 1.57. The van der Waals surface area contributed by atoms with E-state index in [-0.39, 0.29) is 6.54 Å². The van der Waals surface area contributed by atoms with E-state index >= 15 is 0 Å². The van der Waals surface area contributed by atoms with Gasteiger partial charge >= 0.3 is 5.97 Å². The first kappa shape index (κ1) is 21.1. The predicted octanol–water partition coefficient (Wildman–Crippen LogP) is -4.56. The first-order chi connectivity index (χ1) is 10.2. The summed E-state index contributed by atoms with van der Waals surface area (Å²) in [5.74, 6) is -0.883. The minimum atomic E-state index is -1.55. The molecule has 1 aliphatic heterocycles. The third-order valence-electron chi connectivity index (χ3n) is 3.14. The van der Waals surface area contributed by atoms with E-state index in [0.717, 1.165) is 0 Å². The monoisotopic (exact) mass is 326 g/mol. The molecular formula is C12H26N2O8. The van der Waals surface area contributed by atoms with Gasteiger partial charge in [0, 0.05) is 19.5 Å². The van der Waals surface area contributed by atoms with Crippen LogP contribution in [0, 0.1) is 0 Å². The fourth-order valence-corrected chi connectivity index (χ4v) is 1.80. The number of carboxylic acids is 1. The average Bonchev–Trinajstić information content (AvgIpc) is 2.92. The van der Waals surface area contributed by atoms with Crippen LogP contribution in [0.2, 0.25) is 0 Å². The van der Waals surface area contributed by atoms with Crippen molar-refractivity contribution >= 4 is 5.97 Å². The molecule has 1 aliphatic rings. The summed E-state index contributed by atoms with van der Waals surface area (Å²) in [5.41, 5.74) is 0. The zero-order valence-electron chi connectivity index (χ0n) is 12.3. The summed E-state index contributed by atoms with van der Waals surface area (Å²) in [6, 6.07) is -0.542. The summed E-state index contributed by atoms with van der Waals surface area (Å²) in [6.45, 7) is -0.169. The Bertz CT molecular complexity index is 320. The number of carbonyl (C=O) groups is 1. The molecule has 0 aromatic rings. The molecule has 0 amide bonds. The van der Waals surface area contributed by atoms with Crippen molar-refractivity contribution in [3.63, 3.8) is 0 Å². The molecule has 0 unspecified atom stereocenters. The van der Waals surface area contributed by atoms with Crippen molar-refractivity contribution in [1.29, 1.82) is 0 Å². The van der Waals surface area contributed by atoms with Gasteiger partial charge in [-0.15, -0.1) is 0 Å². The minimum Gasteiger partial charge on any atom is -0.480 e. The molecule has 1 heterocycles. The second kappa shape index (κ2) is 10.8. The van der Waals surface area contributed by atoms with E-state index < -0.39 is 49.1 Å². The zero-order valence-corrected chi connectivity index (χ0v) is 12.3. The van der Waals surface area contributed by atoms with E-state index in [1.807, 2.05) is 0 Å². The van der Waals surface area contributed by atoms with Gasteiger partial charge in [-0.05, 0) is 7.05 Å². The van der Waals surface area contributed by atoms with Crippen LogP contribution >= 0.6 is 0 Å². The van der Waals surface area contributed by atoms with Gasteiger partial charge in [-0.1, -0.05) is 0 Å². The minimum absolute atomic E-state index is 0.0936. The first-order valence-corrected chi connectivity index (χ1v) is 6.86. The van der Waals surface area contributed by atoms with Crippen LogP contribution in [-0.2, 0) is 4.79 Å². The second-order valence-electron chi connectivity index (χ2n) is 5.04. The summed E-state index contributed by atoms with van der Waals surface area (Å²) in [4.78, 5) is 10.2. The number of β-amino-alcohol motifs (C(OH)–C–C–N with tert-alkyl or cyclic N) is 1. The van der Waals surface area contributed by atoms with Crippen molar-refractivity contribution in [1.82, 2.24) is 10.6 Å². The molecule has 1 fully saturated rings. The van der Waals surface area contributed by atoms with E-state index in [4.69, 9.17) is 30.6 Å². The van der Waals surface area contributed by atoms with Crippen molar-refractivity contribution in [2.24, 2.45) is 0 Å². The van der Waals surface area contributed by atoms with Crippen LogP contribution in [0.15, 0.2) is 0 Å². The number of hydrogen-bond donors (Lipinski definition) is 9. The Labute approximate surface area is 128 Å². The van der Waals surface area contributed by atoms with E-state index in [1.54, 1.807) is 7.05 Å². The Morgan fingerprint density at radius 1 is 1.23 bits per heavy atom. The van der Waals surface area contributed by atoms with E-state index in [9.17, 15) is 9.90 Å². The molecule has 132 valence electrons. The van der Waals surface area contributed by atoms with Crippen LogP contribution in [0.1, 0.15) is 6.42 Å². The molecule has 6 atom stereocenters. The number of aliphatic hydroxyl groups excluding tert-OH is 6. The third-order valence-corrected chi connectivity index (χ3v) is 3.14. The lowest BCUT2D eigenvalue weighted by Gasteiger charge is -2.25. The Balaban J connectivity index is 0.000000425. The van der Waals surface area contributed by atoms with Crippen LogP contribution in [0.5, 0.6) is 0 Å². The van der Waals surface area contributed by atoms with Crippen LogP contribution in [0.3, 0.4) is 0 Å². The quantitative estimate of drug-likeness (QED) is 0.221. The lowest BCUT2D eigenvalue weighted by molar-refractivity contribution is -0.139. The molecule has 0 radical (unpaired) electrons. The number of hydrogen-bond acceptors (Lipinski definition) is 9. The van der Waals surface area contributed by atoms with Gasteiger partial charge in [-0.2, -0.15) is 0 Å². The Hall–Kier alpha value is -0.850. The van der Waals surface area contributed by atoms with Crippen LogP contribution < -0.4 is 10.6 Å². The van der Waals surface area contributed by atoms with Crippen molar-refractivity contribution < 1.29 is 40.5 Å². The first-order valence-electron chi connectivity index (χ1n) is 6.86. The number of likely N-dealkylation sites (N-methyl/N-ethyl adjacent to an activating group) is 1. The molecular weight excluding hydrogens is 300 g/mol. The zero-order chi connectivity index (χ0) is 17.3. The molecule has 22 heavy (non-hydrogen) atoms. The predicted molar refractivity (Wildman–Crippen MR) is 75.1 cm³/mol. The van der Waals surface area contributed by atoms with Crippen molar-refractivity contribution in [3.8, 4) is 0 Å². The van der Waals surface area contributed by atoms with E-state index in [2.05, 4.69) is 10.6 Å². The normalized spacial score (nSPS) is 26.5. The molecule has 0 saturated carbocycles. The molecule has 10 heteroatoms. The summed E-state index contributed by atoms with van der Waals surface area (Å²) >= 11 is 0. The summed E-state index contributed by atoms with van der Waals surface area (Å²) in [6.07, 6.45) is -5.80. The third kappa shape index (κ3) is 7.42. The van der Waals surface area contributed by atoms with Gasteiger partial charge in [0.2, 0.25) is 0 Å². The molecule has 0 aromatic carbocycles. The Kier molecular flexibility index (Phi) is 10.4. The highest BCUT2D eigenvalue weighted by atomic mass is 16.4. The highest BCUT2D eigenvalue weighted by Crippen LogP contribution is 2.05. The molecule has 1 rings (SSSR count). The number of aliphatic carboxylic acids is 1. The SMILES string of the molecule is CNC[C@H](O)[C@@H](O)[C@H](O)[C@H](O)CO.O=C(O)[C@@H]1C[C@@H](O)CN1. The van der Waals surface area contributed by atoms with Gasteiger partial charge in [0.1, 0.15) is 24.4 Å². The van der Waals surface area contributed by atoms with E-state index in [0.29, 0.717) is 13.0 Å². The molecule has 0 bridgehead atoms. The van der Waals surface area contributed by atoms with Gasteiger partial charge in [-0.3, -0.25) is 4.79 Å². The fourth-order valence-electron chi connectivity index (χ4n) is 1.80. The van der Waals surface area contributed by atoms with Crippen LogP contribution in [0.25, 0.3) is 0 Å². The summed E-state index contributed by atoms with van der Waals surface area (Å²) in [5, 5.41) is 67.3. The van der Waals surface area contributed by atoms with Gasteiger partial charge < -0.3 is 46.4 Å². The maximum absolute atomic E-state index is 10.2. The number of carboxylic acid groups (broad SMARTS) is 1. The Morgan fingerprint density at radius 3 is 2.09 bits per heavy atom. The smallest absolute Gasteiger partial charge is 0.320 e. The maximum Gasteiger partial charge on any atom is 0.320 e. The van der Waals surface area contributed by atoms with Crippen molar-refractivity contribution in [3.05, 3.63) is 0 Å². The molecule has 0 aliphatic carbocycles. The highest BCUT2D eigenvalue weighted by Gasteiger charge is 2.29. The maximum atomic E-state index is 10.2. The lowest BCUT2D eigenvalue weighted by atomic mass is 10.0. The van der Waals surface area contributed by atoms with Crippen LogP contribution in [-0.4, -0.2) is 105 Å². The lowest BCUT2D eigenvalue weighted by Crippen LogP contribution is -2.48.